The maximum Gasteiger partial charge on any atom is 0.247 e. The summed E-state index contributed by atoms with van der Waals surface area (Å²) in [5.74, 6) is -0.335. The molecule has 4 N–H and O–H groups in total. The monoisotopic (exact) mass is 189 g/mol. The highest BCUT2D eigenvalue weighted by Gasteiger charge is 2.54. The molecule has 0 aromatic heterocycles. The van der Waals surface area contributed by atoms with Gasteiger partial charge in [-0.1, -0.05) is 0 Å². The van der Waals surface area contributed by atoms with Crippen molar-refractivity contribution in [3.05, 3.63) is 11.4 Å². The number of rotatable bonds is 0. The molecule has 0 saturated carbocycles. The number of hydrogen-bond donors (Lipinski definition) is 3. The van der Waals surface area contributed by atoms with Gasteiger partial charge in [-0.25, -0.2) is 0 Å². The summed E-state index contributed by atoms with van der Waals surface area (Å²) < 4.78 is 0. The fourth-order valence-corrected chi connectivity index (χ4v) is 1.83. The van der Waals surface area contributed by atoms with Gasteiger partial charge in [-0.2, -0.15) is 10.5 Å². The Morgan fingerprint density at radius 2 is 2.21 bits per heavy atom. The molecule has 0 aromatic rings. The Balaban J connectivity index is 2.64. The maximum absolute atomic E-state index is 11.5. The van der Waals surface area contributed by atoms with Gasteiger partial charge in [0.1, 0.15) is 18.1 Å². The zero-order chi connectivity index (χ0) is 10.3. The Kier molecular flexibility index (Phi) is 1.43. The molecule has 1 saturated heterocycles. The largest absolute Gasteiger partial charge is 0.385 e. The van der Waals surface area contributed by atoms with E-state index in [1.54, 1.807) is 0 Å². The first-order chi connectivity index (χ1) is 6.64. The topological polar surface area (TPSA) is 115 Å². The highest BCUT2D eigenvalue weighted by molar-refractivity contribution is 5.93. The molecular formula is C8H7N5O. The van der Waals surface area contributed by atoms with Crippen LogP contribution in [0.3, 0.4) is 0 Å². The van der Waals surface area contributed by atoms with Crippen LogP contribution in [-0.4, -0.2) is 12.1 Å². The molecule has 1 amide bonds. The minimum absolute atomic E-state index is 0.0197. The van der Waals surface area contributed by atoms with Gasteiger partial charge in [-0.15, -0.1) is 0 Å². The van der Waals surface area contributed by atoms with E-state index in [0.29, 0.717) is 0 Å². The summed E-state index contributed by atoms with van der Waals surface area (Å²) in [7, 11) is 0. The predicted octanol–water partition coefficient (Wildman–Crippen LogP) is -1.36. The van der Waals surface area contributed by atoms with Gasteiger partial charge in [0.25, 0.3) is 0 Å². The minimum Gasteiger partial charge on any atom is -0.385 e. The lowest BCUT2D eigenvalue weighted by Crippen LogP contribution is -2.42. The second-order valence-electron chi connectivity index (χ2n) is 3.29. The molecule has 2 heterocycles. The zero-order valence-electron chi connectivity index (χ0n) is 7.16. The summed E-state index contributed by atoms with van der Waals surface area (Å²) in [6.45, 7) is 0. The predicted molar refractivity (Wildman–Crippen MR) is 44.6 cm³/mol. The first kappa shape index (κ1) is 8.39. The van der Waals surface area contributed by atoms with Crippen LogP contribution in [0.15, 0.2) is 11.4 Å². The van der Waals surface area contributed by atoms with E-state index in [4.69, 9.17) is 16.3 Å². The van der Waals surface area contributed by atoms with Gasteiger partial charge in [0, 0.05) is 6.42 Å². The molecule has 0 spiro atoms. The smallest absolute Gasteiger partial charge is 0.247 e. The summed E-state index contributed by atoms with van der Waals surface area (Å²) in [5, 5.41) is 23.1. The molecule has 0 radical (unpaired) electrons. The second-order valence-corrected chi connectivity index (χ2v) is 3.29. The normalized spacial score (nSPS) is 34.1. The molecule has 1 fully saturated rings. The van der Waals surface area contributed by atoms with E-state index in [-0.39, 0.29) is 24.0 Å². The SMILES string of the molecule is N#CC1=C(N)NC2CC1(C#N)C(=O)N2. The Morgan fingerprint density at radius 1 is 1.50 bits per heavy atom. The van der Waals surface area contributed by atoms with E-state index in [0.717, 1.165) is 0 Å². The number of carbonyl (C=O) groups is 1. The molecule has 2 atom stereocenters. The molecule has 2 aliphatic rings. The average molecular weight is 189 g/mol. The molecule has 6 nitrogen and oxygen atoms in total. The second kappa shape index (κ2) is 2.39. The summed E-state index contributed by atoms with van der Waals surface area (Å²) in [6, 6.07) is 3.69. The van der Waals surface area contributed by atoms with E-state index in [9.17, 15) is 4.79 Å². The number of nitrogens with two attached hydrogens (primary N) is 1. The van der Waals surface area contributed by atoms with Crippen LogP contribution in [0.2, 0.25) is 0 Å². The van der Waals surface area contributed by atoms with Crippen molar-refractivity contribution >= 4 is 5.91 Å². The Hall–Kier alpha value is -2.21. The number of nitrogens with one attached hydrogen (secondary N) is 2. The molecular weight excluding hydrogens is 182 g/mol. The van der Waals surface area contributed by atoms with Crippen LogP contribution >= 0.6 is 0 Å². The van der Waals surface area contributed by atoms with Crippen LogP contribution in [0, 0.1) is 28.1 Å². The molecule has 2 bridgehead atoms. The van der Waals surface area contributed by atoms with Crippen molar-refractivity contribution in [3.8, 4) is 12.1 Å². The molecule has 6 heteroatoms. The highest BCUT2D eigenvalue weighted by atomic mass is 16.2. The van der Waals surface area contributed by atoms with Crippen molar-refractivity contribution in [1.82, 2.24) is 10.6 Å². The first-order valence-electron chi connectivity index (χ1n) is 4.03. The van der Waals surface area contributed by atoms with Gasteiger partial charge >= 0.3 is 0 Å². The lowest BCUT2D eigenvalue weighted by atomic mass is 9.78. The zero-order valence-corrected chi connectivity index (χ0v) is 7.16. The van der Waals surface area contributed by atoms with Crippen LogP contribution < -0.4 is 16.4 Å². The van der Waals surface area contributed by atoms with Crippen molar-refractivity contribution in [2.75, 3.05) is 0 Å². The van der Waals surface area contributed by atoms with Gasteiger partial charge in [0.05, 0.1) is 11.6 Å². The van der Waals surface area contributed by atoms with E-state index in [2.05, 4.69) is 10.6 Å². The van der Waals surface area contributed by atoms with Crippen molar-refractivity contribution in [3.63, 3.8) is 0 Å². The van der Waals surface area contributed by atoms with E-state index in [1.807, 2.05) is 12.1 Å². The third-order valence-corrected chi connectivity index (χ3v) is 2.53. The first-order valence-corrected chi connectivity index (χ1v) is 4.03. The van der Waals surface area contributed by atoms with Crippen molar-refractivity contribution in [2.24, 2.45) is 11.1 Å². The van der Waals surface area contributed by atoms with Gasteiger partial charge in [-0.3, -0.25) is 4.79 Å². The molecule has 0 aliphatic carbocycles. The molecule has 2 aliphatic heterocycles. The molecule has 14 heavy (non-hydrogen) atoms. The lowest BCUT2D eigenvalue weighted by Gasteiger charge is -2.24. The number of amides is 1. The standard InChI is InChI=1S/C8H7N5O/c9-2-4-6(11)12-5-1-8(4,3-10)7(14)13-5/h5,12H,1,11H2,(H,13,14). The van der Waals surface area contributed by atoms with Crippen LogP contribution in [0.1, 0.15) is 6.42 Å². The van der Waals surface area contributed by atoms with Crippen LogP contribution in [0.25, 0.3) is 0 Å². The van der Waals surface area contributed by atoms with Gasteiger partial charge in [0.15, 0.2) is 5.41 Å². The highest BCUT2D eigenvalue weighted by Crippen LogP contribution is 2.39. The molecule has 70 valence electrons. The van der Waals surface area contributed by atoms with E-state index < -0.39 is 11.3 Å². The number of carbonyl (C=O) groups excluding carboxylic acids is 1. The van der Waals surface area contributed by atoms with Crippen LogP contribution in [-0.2, 0) is 4.79 Å². The Morgan fingerprint density at radius 3 is 2.79 bits per heavy atom. The van der Waals surface area contributed by atoms with Gasteiger partial charge in [-0.05, 0) is 0 Å². The quantitative estimate of drug-likeness (QED) is 0.435. The number of fused-ring (bicyclic) bond motifs is 2. The Labute approximate surface area is 80.0 Å². The van der Waals surface area contributed by atoms with Gasteiger partial charge in [0.2, 0.25) is 5.91 Å². The van der Waals surface area contributed by atoms with E-state index in [1.165, 1.54) is 0 Å². The summed E-state index contributed by atoms with van der Waals surface area (Å²) in [4.78, 5) is 11.5. The number of nitriles is 2. The molecule has 2 rings (SSSR count). The summed E-state index contributed by atoms with van der Waals surface area (Å²) >= 11 is 0. The van der Waals surface area contributed by atoms with Crippen molar-refractivity contribution < 1.29 is 4.79 Å². The summed E-state index contributed by atoms with van der Waals surface area (Å²) in [6.07, 6.45) is -0.0781. The van der Waals surface area contributed by atoms with Gasteiger partial charge < -0.3 is 16.4 Å². The Bertz CT molecular complexity index is 426. The third kappa shape index (κ3) is 0.748. The van der Waals surface area contributed by atoms with Crippen molar-refractivity contribution in [2.45, 2.75) is 12.6 Å². The van der Waals surface area contributed by atoms with E-state index >= 15 is 0 Å². The number of nitrogens with zero attached hydrogens (tertiary/aromatic N) is 2. The minimum atomic E-state index is -1.38. The molecule has 0 aromatic carbocycles. The molecule has 2 unspecified atom stereocenters. The fraction of sp³-hybridized carbons (Fsp3) is 0.375. The average Bonchev–Trinajstić information content (AvgIpc) is 2.41. The lowest BCUT2D eigenvalue weighted by molar-refractivity contribution is -0.123. The number of hydrogen-bond acceptors (Lipinski definition) is 5. The summed E-state index contributed by atoms with van der Waals surface area (Å²) in [5.41, 5.74) is 4.18. The van der Waals surface area contributed by atoms with Crippen LogP contribution in [0.4, 0.5) is 0 Å². The maximum atomic E-state index is 11.5. The third-order valence-electron chi connectivity index (χ3n) is 2.53. The fourth-order valence-electron chi connectivity index (χ4n) is 1.83. The van der Waals surface area contributed by atoms with Crippen molar-refractivity contribution in [1.29, 1.82) is 10.5 Å². The van der Waals surface area contributed by atoms with Crippen LogP contribution in [0.5, 0.6) is 0 Å².